The van der Waals surface area contributed by atoms with Gasteiger partial charge in [0.05, 0.1) is 12.2 Å². The van der Waals surface area contributed by atoms with Gasteiger partial charge in [-0.15, -0.1) is 0 Å². The second-order valence-corrected chi connectivity index (χ2v) is 5.48. The number of hydrogen-bond donors (Lipinski definition) is 1. The molecule has 23 heavy (non-hydrogen) atoms. The highest BCUT2D eigenvalue weighted by molar-refractivity contribution is 5.84. The van der Waals surface area contributed by atoms with Crippen molar-refractivity contribution in [2.45, 2.75) is 13.5 Å². The molecule has 1 heterocycles. The van der Waals surface area contributed by atoms with Crippen LogP contribution in [-0.2, 0) is 18.4 Å². The molecule has 1 aromatic heterocycles. The third-order valence-electron chi connectivity index (χ3n) is 3.72. The summed E-state index contributed by atoms with van der Waals surface area (Å²) in [6, 6.07) is 15.8. The Balaban J connectivity index is 1.53. The summed E-state index contributed by atoms with van der Waals surface area (Å²) >= 11 is 0. The van der Waals surface area contributed by atoms with E-state index < -0.39 is 0 Å². The number of benzene rings is 2. The van der Waals surface area contributed by atoms with Crippen LogP contribution in [-0.4, -0.2) is 22.3 Å². The normalized spacial score (nSPS) is 10.7. The van der Waals surface area contributed by atoms with E-state index in [2.05, 4.69) is 10.4 Å². The fourth-order valence-corrected chi connectivity index (χ4v) is 2.37. The highest BCUT2D eigenvalue weighted by Crippen LogP contribution is 2.20. The molecule has 0 atom stereocenters. The quantitative estimate of drug-likeness (QED) is 0.788. The fourth-order valence-electron chi connectivity index (χ4n) is 2.37. The minimum absolute atomic E-state index is 0.00977. The lowest BCUT2D eigenvalue weighted by molar-refractivity contribution is -0.123. The molecule has 0 aliphatic heterocycles. The van der Waals surface area contributed by atoms with Gasteiger partial charge in [0.1, 0.15) is 5.75 Å². The maximum Gasteiger partial charge on any atom is 0.258 e. The van der Waals surface area contributed by atoms with Crippen molar-refractivity contribution in [1.29, 1.82) is 0 Å². The molecular weight excluding hydrogens is 290 g/mol. The number of amides is 1. The lowest BCUT2D eigenvalue weighted by Crippen LogP contribution is -2.28. The van der Waals surface area contributed by atoms with Crippen LogP contribution < -0.4 is 10.1 Å². The molecule has 118 valence electrons. The monoisotopic (exact) mass is 309 g/mol. The van der Waals surface area contributed by atoms with E-state index in [1.165, 1.54) is 0 Å². The minimum Gasteiger partial charge on any atom is -0.484 e. The molecule has 5 nitrogen and oxygen atoms in total. The van der Waals surface area contributed by atoms with Gasteiger partial charge in [-0.3, -0.25) is 9.48 Å². The zero-order valence-electron chi connectivity index (χ0n) is 13.2. The molecule has 5 heteroatoms. The van der Waals surface area contributed by atoms with Crippen LogP contribution in [0.25, 0.3) is 10.8 Å². The summed E-state index contributed by atoms with van der Waals surface area (Å²) < 4.78 is 7.34. The van der Waals surface area contributed by atoms with E-state index in [0.717, 1.165) is 22.2 Å². The van der Waals surface area contributed by atoms with Crippen molar-refractivity contribution in [1.82, 2.24) is 15.1 Å². The first kappa shape index (κ1) is 15.1. The van der Waals surface area contributed by atoms with Gasteiger partial charge >= 0.3 is 0 Å². The highest BCUT2D eigenvalue weighted by Gasteiger charge is 2.06. The van der Waals surface area contributed by atoms with Crippen LogP contribution in [0, 0.1) is 6.92 Å². The predicted octanol–water partition coefficient (Wildman–Crippen LogP) is 2.58. The third-order valence-corrected chi connectivity index (χ3v) is 3.72. The zero-order valence-corrected chi connectivity index (χ0v) is 13.2. The van der Waals surface area contributed by atoms with Gasteiger partial charge in [0.15, 0.2) is 6.61 Å². The molecule has 0 aliphatic rings. The van der Waals surface area contributed by atoms with Crippen LogP contribution in [0.1, 0.15) is 11.4 Å². The molecule has 3 aromatic rings. The molecule has 3 rings (SSSR count). The number of hydrogen-bond acceptors (Lipinski definition) is 3. The van der Waals surface area contributed by atoms with Crippen LogP contribution in [0.4, 0.5) is 0 Å². The number of aryl methyl sites for hydroxylation is 2. The average molecular weight is 309 g/mol. The molecule has 0 saturated heterocycles. The molecule has 0 fully saturated rings. The summed E-state index contributed by atoms with van der Waals surface area (Å²) in [5.74, 6) is 0.522. The third kappa shape index (κ3) is 3.69. The summed E-state index contributed by atoms with van der Waals surface area (Å²) in [7, 11) is 1.88. The Morgan fingerprint density at radius 3 is 2.70 bits per heavy atom. The maximum absolute atomic E-state index is 11.9. The average Bonchev–Trinajstić information content (AvgIpc) is 2.89. The number of ether oxygens (including phenoxy) is 1. The van der Waals surface area contributed by atoms with E-state index in [0.29, 0.717) is 12.3 Å². The summed E-state index contributed by atoms with van der Waals surface area (Å²) in [5, 5.41) is 9.34. The zero-order chi connectivity index (χ0) is 16.2. The first-order valence-electron chi connectivity index (χ1n) is 7.49. The first-order valence-corrected chi connectivity index (χ1v) is 7.49. The Labute approximate surface area is 134 Å². The van der Waals surface area contributed by atoms with Crippen molar-refractivity contribution in [2.24, 2.45) is 7.05 Å². The van der Waals surface area contributed by atoms with Crippen molar-refractivity contribution < 1.29 is 9.53 Å². The summed E-state index contributed by atoms with van der Waals surface area (Å²) in [6.45, 7) is 2.37. The second kappa shape index (κ2) is 6.52. The van der Waals surface area contributed by atoms with Gasteiger partial charge in [0.2, 0.25) is 0 Å². The van der Waals surface area contributed by atoms with Crippen LogP contribution in [0.5, 0.6) is 5.75 Å². The molecule has 0 unspecified atom stereocenters. The lowest BCUT2D eigenvalue weighted by Gasteiger charge is -2.07. The van der Waals surface area contributed by atoms with Gasteiger partial charge in [-0.2, -0.15) is 5.10 Å². The van der Waals surface area contributed by atoms with Gasteiger partial charge in [0.25, 0.3) is 5.91 Å². The van der Waals surface area contributed by atoms with Gasteiger partial charge in [-0.1, -0.05) is 30.3 Å². The van der Waals surface area contributed by atoms with E-state index >= 15 is 0 Å². The van der Waals surface area contributed by atoms with Crippen molar-refractivity contribution in [3.63, 3.8) is 0 Å². The van der Waals surface area contributed by atoms with Crippen LogP contribution >= 0.6 is 0 Å². The van der Waals surface area contributed by atoms with Crippen molar-refractivity contribution >= 4 is 16.7 Å². The number of nitrogens with zero attached hydrogens (tertiary/aromatic N) is 2. The Hall–Kier alpha value is -2.82. The fraction of sp³-hybridized carbons (Fsp3) is 0.222. The van der Waals surface area contributed by atoms with Gasteiger partial charge in [0, 0.05) is 12.7 Å². The first-order chi connectivity index (χ1) is 11.1. The molecular formula is C18H19N3O2. The van der Waals surface area contributed by atoms with E-state index in [9.17, 15) is 4.79 Å². The minimum atomic E-state index is -0.165. The number of fused-ring (bicyclic) bond motifs is 1. The molecule has 1 N–H and O–H groups in total. The summed E-state index contributed by atoms with van der Waals surface area (Å²) in [4.78, 5) is 11.9. The topological polar surface area (TPSA) is 56.1 Å². The van der Waals surface area contributed by atoms with Gasteiger partial charge < -0.3 is 10.1 Å². The Kier molecular flexibility index (Phi) is 4.28. The molecule has 0 spiro atoms. The van der Waals surface area contributed by atoms with Gasteiger partial charge in [-0.05, 0) is 35.9 Å². The SMILES string of the molecule is Cc1cc(CNC(=O)COc2ccc3ccccc3c2)nn1C. The van der Waals surface area contributed by atoms with Crippen molar-refractivity contribution in [2.75, 3.05) is 6.61 Å². The largest absolute Gasteiger partial charge is 0.484 e. The van der Waals surface area contributed by atoms with Crippen LogP contribution in [0.15, 0.2) is 48.5 Å². The summed E-state index contributed by atoms with van der Waals surface area (Å²) in [6.07, 6.45) is 0. The molecule has 0 aliphatic carbocycles. The van der Waals surface area contributed by atoms with E-state index in [4.69, 9.17) is 4.74 Å². The molecule has 0 bridgehead atoms. The Morgan fingerprint density at radius 1 is 1.17 bits per heavy atom. The van der Waals surface area contributed by atoms with Crippen molar-refractivity contribution in [3.8, 4) is 5.75 Å². The standard InChI is InChI=1S/C18H19N3O2/c1-13-9-16(20-21(13)2)11-19-18(22)12-23-17-8-7-14-5-3-4-6-15(14)10-17/h3-10H,11-12H2,1-2H3,(H,19,22). The number of carbonyl (C=O) groups is 1. The molecule has 1 amide bonds. The maximum atomic E-state index is 11.9. The van der Waals surface area contributed by atoms with E-state index in [1.807, 2.05) is 62.5 Å². The predicted molar refractivity (Wildman–Crippen MR) is 89.2 cm³/mol. The molecule has 0 radical (unpaired) electrons. The number of rotatable bonds is 5. The highest BCUT2D eigenvalue weighted by atomic mass is 16.5. The Bertz CT molecular complexity index is 820. The van der Waals surface area contributed by atoms with Crippen LogP contribution in [0.2, 0.25) is 0 Å². The lowest BCUT2D eigenvalue weighted by atomic mass is 10.1. The van der Waals surface area contributed by atoms with Gasteiger partial charge in [-0.25, -0.2) is 0 Å². The number of aromatic nitrogens is 2. The van der Waals surface area contributed by atoms with E-state index in [1.54, 1.807) is 4.68 Å². The number of carbonyl (C=O) groups excluding carboxylic acids is 1. The molecule has 0 saturated carbocycles. The Morgan fingerprint density at radius 2 is 1.96 bits per heavy atom. The van der Waals surface area contributed by atoms with Crippen molar-refractivity contribution in [3.05, 3.63) is 59.9 Å². The number of nitrogens with one attached hydrogen (secondary N) is 1. The second-order valence-electron chi connectivity index (χ2n) is 5.48. The smallest absolute Gasteiger partial charge is 0.258 e. The summed E-state index contributed by atoms with van der Waals surface area (Å²) in [5.41, 5.74) is 1.89. The molecule has 2 aromatic carbocycles. The van der Waals surface area contributed by atoms with E-state index in [-0.39, 0.29) is 12.5 Å². The van der Waals surface area contributed by atoms with Crippen LogP contribution in [0.3, 0.4) is 0 Å².